The number of guanidine groups is 1. The van der Waals surface area contributed by atoms with Crippen LogP contribution in [0.5, 0.6) is 0 Å². The third-order valence-corrected chi connectivity index (χ3v) is 3.94. The van der Waals surface area contributed by atoms with Crippen molar-refractivity contribution in [3.63, 3.8) is 0 Å². The third kappa shape index (κ3) is 3.80. The van der Waals surface area contributed by atoms with Gasteiger partial charge in [-0.25, -0.2) is 0 Å². The first-order chi connectivity index (χ1) is 10.1. The highest BCUT2D eigenvalue weighted by Gasteiger charge is 2.24. The lowest BCUT2D eigenvalue weighted by atomic mass is 9.78. The van der Waals surface area contributed by atoms with Crippen molar-refractivity contribution in [2.24, 2.45) is 10.7 Å². The molecule has 0 saturated carbocycles. The van der Waals surface area contributed by atoms with Gasteiger partial charge in [0.05, 0.1) is 0 Å². The maximum atomic E-state index is 5.99. The molecule has 0 fully saturated rings. The van der Waals surface area contributed by atoms with Gasteiger partial charge < -0.3 is 11.1 Å². The van der Waals surface area contributed by atoms with Crippen molar-refractivity contribution in [1.82, 2.24) is 0 Å². The number of halogens is 1. The van der Waals surface area contributed by atoms with E-state index in [1.165, 1.54) is 22.3 Å². The molecule has 0 amide bonds. The number of hydrogen-bond acceptors (Lipinski definition) is 1. The average molecular weight is 407 g/mol. The van der Waals surface area contributed by atoms with Crippen molar-refractivity contribution in [1.29, 1.82) is 0 Å². The van der Waals surface area contributed by atoms with Crippen LogP contribution in [-0.2, 0) is 6.42 Å². The van der Waals surface area contributed by atoms with Crippen molar-refractivity contribution in [2.75, 3.05) is 11.9 Å². The second-order valence-electron chi connectivity index (χ2n) is 5.83. The Morgan fingerprint density at radius 3 is 2.55 bits per heavy atom. The molecule has 4 heteroatoms. The molecule has 0 aromatic heterocycles. The SMILES string of the molecule is Cc1cc(C)cc(NC(N)=NCC2Cc3ccccc32)c1.I. The Morgan fingerprint density at radius 1 is 1.18 bits per heavy atom. The van der Waals surface area contributed by atoms with Crippen LogP contribution in [0.4, 0.5) is 5.69 Å². The molecule has 1 aliphatic rings. The van der Waals surface area contributed by atoms with Crippen molar-refractivity contribution < 1.29 is 0 Å². The van der Waals surface area contributed by atoms with E-state index < -0.39 is 0 Å². The number of nitrogens with one attached hydrogen (secondary N) is 1. The molecule has 2 aromatic carbocycles. The standard InChI is InChI=1S/C18H21N3.HI/c1-12-7-13(2)9-16(8-12)21-18(19)20-11-15-10-14-5-3-4-6-17(14)15;/h3-9,15H,10-11H2,1-2H3,(H3,19,20,21);1H. The number of aliphatic imine (C=N–C) groups is 1. The Morgan fingerprint density at radius 2 is 1.86 bits per heavy atom. The number of aryl methyl sites for hydroxylation is 2. The highest BCUT2D eigenvalue weighted by atomic mass is 127. The van der Waals surface area contributed by atoms with Crippen LogP contribution in [0, 0.1) is 13.8 Å². The van der Waals surface area contributed by atoms with Gasteiger partial charge in [0.15, 0.2) is 5.96 Å². The summed E-state index contributed by atoms with van der Waals surface area (Å²) in [6, 6.07) is 14.9. The zero-order valence-corrected chi connectivity index (χ0v) is 15.3. The molecule has 0 aliphatic heterocycles. The van der Waals surface area contributed by atoms with Crippen LogP contribution in [0.2, 0.25) is 0 Å². The van der Waals surface area contributed by atoms with Crippen LogP contribution in [0.1, 0.15) is 28.2 Å². The summed E-state index contributed by atoms with van der Waals surface area (Å²) in [6.45, 7) is 4.91. The average Bonchev–Trinajstić information content (AvgIpc) is 2.38. The molecular weight excluding hydrogens is 385 g/mol. The lowest BCUT2D eigenvalue weighted by molar-refractivity contribution is 0.619. The van der Waals surface area contributed by atoms with E-state index >= 15 is 0 Å². The lowest BCUT2D eigenvalue weighted by Gasteiger charge is -2.28. The molecule has 3 N–H and O–H groups in total. The Bertz CT molecular complexity index is 674. The predicted octanol–water partition coefficient (Wildman–Crippen LogP) is 3.99. The minimum Gasteiger partial charge on any atom is -0.370 e. The Hall–Kier alpha value is -1.56. The van der Waals surface area contributed by atoms with E-state index in [0.29, 0.717) is 11.9 Å². The molecule has 0 spiro atoms. The normalized spacial score (nSPS) is 16.3. The largest absolute Gasteiger partial charge is 0.370 e. The van der Waals surface area contributed by atoms with Crippen molar-refractivity contribution in [2.45, 2.75) is 26.2 Å². The third-order valence-electron chi connectivity index (χ3n) is 3.94. The summed E-state index contributed by atoms with van der Waals surface area (Å²) >= 11 is 0. The van der Waals surface area contributed by atoms with Gasteiger partial charge in [0, 0.05) is 18.2 Å². The van der Waals surface area contributed by atoms with E-state index in [1.54, 1.807) is 0 Å². The molecule has 1 aliphatic carbocycles. The first-order valence-corrected chi connectivity index (χ1v) is 7.35. The smallest absolute Gasteiger partial charge is 0.193 e. The zero-order chi connectivity index (χ0) is 14.8. The van der Waals surface area contributed by atoms with Crippen LogP contribution >= 0.6 is 24.0 Å². The maximum Gasteiger partial charge on any atom is 0.193 e. The summed E-state index contributed by atoms with van der Waals surface area (Å²) in [7, 11) is 0. The van der Waals surface area contributed by atoms with Gasteiger partial charge in [0.1, 0.15) is 0 Å². The molecule has 2 aromatic rings. The second-order valence-corrected chi connectivity index (χ2v) is 5.83. The van der Waals surface area contributed by atoms with Crippen LogP contribution in [-0.4, -0.2) is 12.5 Å². The molecule has 3 nitrogen and oxygen atoms in total. The topological polar surface area (TPSA) is 50.4 Å². The highest BCUT2D eigenvalue weighted by Crippen LogP contribution is 2.34. The maximum absolute atomic E-state index is 5.99. The van der Waals surface area contributed by atoms with Crippen LogP contribution in [0.15, 0.2) is 47.5 Å². The predicted molar refractivity (Wildman–Crippen MR) is 104 cm³/mol. The Balaban J connectivity index is 0.00000176. The number of benzene rings is 2. The molecule has 116 valence electrons. The Kier molecular flexibility index (Phi) is 5.45. The van der Waals surface area contributed by atoms with E-state index in [0.717, 1.165) is 18.7 Å². The van der Waals surface area contributed by atoms with Gasteiger partial charge >= 0.3 is 0 Å². The molecule has 3 rings (SSSR count). The van der Waals surface area contributed by atoms with Crippen LogP contribution in [0.25, 0.3) is 0 Å². The van der Waals surface area contributed by atoms with Gasteiger partial charge in [-0.15, -0.1) is 24.0 Å². The number of nitrogens with two attached hydrogens (primary N) is 1. The summed E-state index contributed by atoms with van der Waals surface area (Å²) in [5.74, 6) is 1.00. The number of fused-ring (bicyclic) bond motifs is 1. The number of rotatable bonds is 3. The quantitative estimate of drug-likeness (QED) is 0.459. The fourth-order valence-electron chi connectivity index (χ4n) is 2.97. The fourth-order valence-corrected chi connectivity index (χ4v) is 2.97. The molecule has 0 bridgehead atoms. The Labute approximate surface area is 149 Å². The van der Waals surface area contributed by atoms with Crippen molar-refractivity contribution >= 4 is 35.6 Å². The lowest BCUT2D eigenvalue weighted by Crippen LogP contribution is -2.26. The van der Waals surface area contributed by atoms with Gasteiger partial charge in [-0.2, -0.15) is 0 Å². The van der Waals surface area contributed by atoms with E-state index in [-0.39, 0.29) is 24.0 Å². The number of hydrogen-bond donors (Lipinski definition) is 2. The van der Waals surface area contributed by atoms with Crippen LogP contribution < -0.4 is 11.1 Å². The van der Waals surface area contributed by atoms with Crippen LogP contribution in [0.3, 0.4) is 0 Å². The van der Waals surface area contributed by atoms with Gasteiger partial charge in [0.25, 0.3) is 0 Å². The van der Waals surface area contributed by atoms with Gasteiger partial charge in [-0.05, 0) is 54.7 Å². The fraction of sp³-hybridized carbons (Fsp3) is 0.278. The van der Waals surface area contributed by atoms with E-state index in [1.807, 2.05) is 0 Å². The molecule has 22 heavy (non-hydrogen) atoms. The minimum atomic E-state index is 0. The first kappa shape index (κ1) is 16.8. The summed E-state index contributed by atoms with van der Waals surface area (Å²) in [4.78, 5) is 4.48. The summed E-state index contributed by atoms with van der Waals surface area (Å²) in [5.41, 5.74) is 12.3. The summed E-state index contributed by atoms with van der Waals surface area (Å²) in [5, 5.41) is 3.18. The second kappa shape index (κ2) is 7.13. The minimum absolute atomic E-state index is 0. The molecule has 0 radical (unpaired) electrons. The monoisotopic (exact) mass is 407 g/mol. The van der Waals surface area contributed by atoms with E-state index in [9.17, 15) is 0 Å². The van der Waals surface area contributed by atoms with Gasteiger partial charge in [-0.3, -0.25) is 4.99 Å². The highest BCUT2D eigenvalue weighted by molar-refractivity contribution is 14.0. The summed E-state index contributed by atoms with van der Waals surface area (Å²) in [6.07, 6.45) is 1.11. The van der Waals surface area contributed by atoms with Gasteiger partial charge in [-0.1, -0.05) is 30.3 Å². The number of anilines is 1. The van der Waals surface area contributed by atoms with E-state index in [2.05, 4.69) is 66.6 Å². The number of nitrogens with zero attached hydrogens (tertiary/aromatic N) is 1. The first-order valence-electron chi connectivity index (χ1n) is 7.35. The molecule has 0 saturated heterocycles. The zero-order valence-electron chi connectivity index (χ0n) is 13.0. The molecule has 1 atom stereocenters. The molecule has 1 unspecified atom stereocenters. The molecule has 0 heterocycles. The van der Waals surface area contributed by atoms with E-state index in [4.69, 9.17) is 5.73 Å². The van der Waals surface area contributed by atoms with Crippen molar-refractivity contribution in [3.05, 3.63) is 64.7 Å². The van der Waals surface area contributed by atoms with Crippen molar-refractivity contribution in [3.8, 4) is 0 Å². The summed E-state index contributed by atoms with van der Waals surface area (Å²) < 4.78 is 0. The van der Waals surface area contributed by atoms with Gasteiger partial charge in [0.2, 0.25) is 0 Å². The molecular formula is C18H22IN3.